The Hall–Kier alpha value is -2.86. The van der Waals surface area contributed by atoms with E-state index in [9.17, 15) is 14.4 Å². The zero-order valence-electron chi connectivity index (χ0n) is 14.3. The van der Waals surface area contributed by atoms with E-state index in [2.05, 4.69) is 16.0 Å². The first kappa shape index (κ1) is 19.5. The van der Waals surface area contributed by atoms with E-state index in [1.54, 1.807) is 55.5 Å². The average molecular weight is 374 g/mol. The lowest BCUT2D eigenvalue weighted by Crippen LogP contribution is -2.34. The summed E-state index contributed by atoms with van der Waals surface area (Å²) in [6, 6.07) is 13.2. The van der Waals surface area contributed by atoms with Gasteiger partial charge in [-0.1, -0.05) is 24.6 Å². The lowest BCUT2D eigenvalue weighted by atomic mass is 10.2. The van der Waals surface area contributed by atoms with Crippen LogP contribution >= 0.6 is 11.6 Å². The van der Waals surface area contributed by atoms with Crippen LogP contribution in [0, 0.1) is 0 Å². The normalized spacial score (nSPS) is 10.1. The number of nitrogens with one attached hydrogen (secondary N) is 3. The van der Waals surface area contributed by atoms with Gasteiger partial charge in [-0.15, -0.1) is 0 Å². The molecule has 0 aromatic heterocycles. The van der Waals surface area contributed by atoms with Crippen molar-refractivity contribution in [1.29, 1.82) is 0 Å². The number of carbonyl (C=O) groups excluding carboxylic acids is 3. The van der Waals surface area contributed by atoms with E-state index in [1.807, 2.05) is 0 Å². The molecule has 136 valence electrons. The van der Waals surface area contributed by atoms with Crippen molar-refractivity contribution in [2.45, 2.75) is 13.3 Å². The number of hydrogen-bond donors (Lipinski definition) is 3. The number of carbonyl (C=O) groups is 3. The summed E-state index contributed by atoms with van der Waals surface area (Å²) in [4.78, 5) is 35.5. The summed E-state index contributed by atoms with van der Waals surface area (Å²) in [6.45, 7) is 2.33. The molecule has 0 radical (unpaired) electrons. The first-order valence-electron chi connectivity index (χ1n) is 8.21. The fourth-order valence-electron chi connectivity index (χ4n) is 2.15. The zero-order chi connectivity index (χ0) is 18.9. The Kier molecular flexibility index (Phi) is 7.17. The number of amides is 3. The van der Waals surface area contributed by atoms with Crippen molar-refractivity contribution in [2.75, 3.05) is 18.4 Å². The lowest BCUT2D eigenvalue weighted by Gasteiger charge is -2.09. The topological polar surface area (TPSA) is 87.3 Å². The molecule has 2 rings (SSSR count). The van der Waals surface area contributed by atoms with Crippen LogP contribution in [0.1, 0.15) is 34.1 Å². The summed E-state index contributed by atoms with van der Waals surface area (Å²) in [6.07, 6.45) is 0.365. The summed E-state index contributed by atoms with van der Waals surface area (Å²) in [7, 11) is 0. The fraction of sp³-hybridized carbons (Fsp3) is 0.211. The molecule has 0 aliphatic rings. The molecule has 2 aromatic carbocycles. The van der Waals surface area contributed by atoms with Gasteiger partial charge in [0.15, 0.2) is 0 Å². The van der Waals surface area contributed by atoms with Gasteiger partial charge in [-0.05, 0) is 42.5 Å². The van der Waals surface area contributed by atoms with Crippen LogP contribution < -0.4 is 16.0 Å². The quantitative estimate of drug-likeness (QED) is 0.652. The van der Waals surface area contributed by atoms with E-state index in [0.717, 1.165) is 0 Å². The number of anilines is 1. The molecule has 3 amide bonds. The van der Waals surface area contributed by atoms with E-state index in [1.165, 1.54) is 0 Å². The van der Waals surface area contributed by atoms with Crippen LogP contribution in [0.3, 0.4) is 0 Å². The number of halogens is 1. The smallest absolute Gasteiger partial charge is 0.251 e. The van der Waals surface area contributed by atoms with Gasteiger partial charge in [0.25, 0.3) is 11.8 Å². The monoisotopic (exact) mass is 373 g/mol. The third kappa shape index (κ3) is 5.89. The molecule has 0 aliphatic carbocycles. The molecule has 0 unspecified atom stereocenters. The Labute approximate surface area is 156 Å². The molecule has 0 saturated carbocycles. The van der Waals surface area contributed by atoms with E-state index in [-0.39, 0.29) is 24.3 Å². The van der Waals surface area contributed by atoms with Crippen molar-refractivity contribution in [3.8, 4) is 0 Å². The molecule has 0 fully saturated rings. The van der Waals surface area contributed by atoms with Crippen LogP contribution in [0.2, 0.25) is 5.02 Å². The second-order valence-corrected chi connectivity index (χ2v) is 5.94. The van der Waals surface area contributed by atoms with Crippen molar-refractivity contribution in [3.63, 3.8) is 0 Å². The van der Waals surface area contributed by atoms with Crippen LogP contribution in [0.4, 0.5) is 5.69 Å². The van der Waals surface area contributed by atoms with Crippen LogP contribution in [0.15, 0.2) is 48.5 Å². The SMILES string of the molecule is CCC(=O)Nc1cccc(C(=O)NCCNC(=O)c2ccc(Cl)cc2)c1. The van der Waals surface area contributed by atoms with Crippen molar-refractivity contribution < 1.29 is 14.4 Å². The highest BCUT2D eigenvalue weighted by Crippen LogP contribution is 2.11. The van der Waals surface area contributed by atoms with E-state index < -0.39 is 0 Å². The second kappa shape index (κ2) is 9.58. The molecule has 0 spiro atoms. The molecule has 3 N–H and O–H groups in total. The molecule has 0 bridgehead atoms. The highest BCUT2D eigenvalue weighted by Gasteiger charge is 2.08. The van der Waals surface area contributed by atoms with Crippen molar-refractivity contribution >= 4 is 35.0 Å². The Balaban J connectivity index is 1.79. The van der Waals surface area contributed by atoms with Gasteiger partial charge >= 0.3 is 0 Å². The van der Waals surface area contributed by atoms with Gasteiger partial charge in [-0.25, -0.2) is 0 Å². The Morgan fingerprint density at radius 2 is 1.50 bits per heavy atom. The Bertz CT molecular complexity index is 791. The van der Waals surface area contributed by atoms with E-state index in [0.29, 0.717) is 34.8 Å². The number of benzene rings is 2. The third-order valence-electron chi connectivity index (χ3n) is 3.53. The minimum absolute atomic E-state index is 0.118. The van der Waals surface area contributed by atoms with Gasteiger partial charge in [-0.2, -0.15) is 0 Å². The summed E-state index contributed by atoms with van der Waals surface area (Å²) >= 11 is 5.78. The molecule has 26 heavy (non-hydrogen) atoms. The van der Waals surface area contributed by atoms with Gasteiger partial charge in [0.1, 0.15) is 0 Å². The first-order valence-corrected chi connectivity index (χ1v) is 8.59. The maximum Gasteiger partial charge on any atom is 0.251 e. The molecule has 0 heterocycles. The predicted octanol–water partition coefficient (Wildman–Crippen LogP) is 2.85. The zero-order valence-corrected chi connectivity index (χ0v) is 15.1. The van der Waals surface area contributed by atoms with E-state index >= 15 is 0 Å². The molecule has 0 atom stereocenters. The summed E-state index contributed by atoms with van der Waals surface area (Å²) in [5.41, 5.74) is 1.50. The minimum atomic E-state index is -0.279. The number of hydrogen-bond acceptors (Lipinski definition) is 3. The average Bonchev–Trinajstić information content (AvgIpc) is 2.65. The van der Waals surface area contributed by atoms with E-state index in [4.69, 9.17) is 11.6 Å². The van der Waals surface area contributed by atoms with Gasteiger partial charge in [0.2, 0.25) is 5.91 Å². The van der Waals surface area contributed by atoms with Gasteiger partial charge in [0.05, 0.1) is 0 Å². The van der Waals surface area contributed by atoms with Crippen LogP contribution in [0.25, 0.3) is 0 Å². The molecular weight excluding hydrogens is 354 g/mol. The molecule has 0 saturated heterocycles. The molecule has 2 aromatic rings. The summed E-state index contributed by atoms with van der Waals surface area (Å²) in [5, 5.41) is 8.71. The first-order chi connectivity index (χ1) is 12.5. The third-order valence-corrected chi connectivity index (χ3v) is 3.78. The molecular formula is C19H20ClN3O3. The maximum absolute atomic E-state index is 12.2. The predicted molar refractivity (Wildman–Crippen MR) is 101 cm³/mol. The highest BCUT2D eigenvalue weighted by atomic mass is 35.5. The minimum Gasteiger partial charge on any atom is -0.350 e. The van der Waals surface area contributed by atoms with Gasteiger partial charge in [-0.3, -0.25) is 14.4 Å². The molecule has 0 aliphatic heterocycles. The van der Waals surface area contributed by atoms with Crippen LogP contribution in [0.5, 0.6) is 0 Å². The molecule has 6 nitrogen and oxygen atoms in total. The fourth-order valence-corrected chi connectivity index (χ4v) is 2.27. The Morgan fingerprint density at radius 3 is 2.12 bits per heavy atom. The maximum atomic E-state index is 12.2. The van der Waals surface area contributed by atoms with Gasteiger partial charge < -0.3 is 16.0 Å². The standard InChI is InChI=1S/C19H20ClN3O3/c1-2-17(24)23-16-5-3-4-14(12-16)19(26)22-11-10-21-18(25)13-6-8-15(20)9-7-13/h3-9,12H,2,10-11H2,1H3,(H,21,25)(H,22,26)(H,23,24). The highest BCUT2D eigenvalue weighted by molar-refractivity contribution is 6.30. The van der Waals surface area contributed by atoms with Crippen LogP contribution in [-0.4, -0.2) is 30.8 Å². The van der Waals surface area contributed by atoms with Crippen LogP contribution in [-0.2, 0) is 4.79 Å². The van der Waals surface area contributed by atoms with Crippen molar-refractivity contribution in [3.05, 3.63) is 64.7 Å². The molecule has 7 heteroatoms. The summed E-state index contributed by atoms with van der Waals surface area (Å²) < 4.78 is 0. The Morgan fingerprint density at radius 1 is 0.885 bits per heavy atom. The second-order valence-electron chi connectivity index (χ2n) is 5.50. The van der Waals surface area contributed by atoms with Gasteiger partial charge in [0, 0.05) is 41.3 Å². The lowest BCUT2D eigenvalue weighted by molar-refractivity contribution is -0.115. The number of rotatable bonds is 7. The summed E-state index contributed by atoms with van der Waals surface area (Å²) in [5.74, 6) is -0.633. The largest absolute Gasteiger partial charge is 0.350 e. The van der Waals surface area contributed by atoms with Crippen molar-refractivity contribution in [1.82, 2.24) is 10.6 Å². The van der Waals surface area contributed by atoms with Crippen molar-refractivity contribution in [2.24, 2.45) is 0 Å².